The zero-order valence-corrected chi connectivity index (χ0v) is 19.9. The second kappa shape index (κ2) is 8.27. The molecule has 36 heavy (non-hydrogen) atoms. The van der Waals surface area contributed by atoms with Gasteiger partial charge in [0.1, 0.15) is 17.5 Å². The molecule has 0 aromatic heterocycles. The van der Waals surface area contributed by atoms with Crippen LogP contribution in [0, 0.1) is 17.7 Å². The van der Waals surface area contributed by atoms with Crippen LogP contribution in [0.5, 0.6) is 0 Å². The van der Waals surface area contributed by atoms with E-state index in [1.54, 1.807) is 49.4 Å². The molecule has 186 valence electrons. The van der Waals surface area contributed by atoms with Gasteiger partial charge in [0.05, 0.1) is 23.1 Å². The number of rotatable bonds is 5. The van der Waals surface area contributed by atoms with Gasteiger partial charge in [-0.25, -0.2) is 4.39 Å². The van der Waals surface area contributed by atoms with Crippen molar-refractivity contribution in [1.82, 2.24) is 5.32 Å². The van der Waals surface area contributed by atoms with Crippen molar-refractivity contribution in [3.8, 4) is 0 Å². The van der Waals surface area contributed by atoms with E-state index < -0.39 is 40.8 Å². The van der Waals surface area contributed by atoms with Crippen molar-refractivity contribution in [2.24, 2.45) is 11.8 Å². The van der Waals surface area contributed by atoms with E-state index in [1.165, 1.54) is 23.1 Å². The van der Waals surface area contributed by atoms with Crippen LogP contribution in [0.2, 0.25) is 0 Å². The van der Waals surface area contributed by atoms with Crippen molar-refractivity contribution in [1.29, 1.82) is 0 Å². The Balaban J connectivity index is 1.42. The van der Waals surface area contributed by atoms with Gasteiger partial charge in [0, 0.05) is 11.7 Å². The third kappa shape index (κ3) is 3.31. The fraction of sp³-hybridized carbons (Fsp3) is 0.393. The Hall–Kier alpha value is -3.52. The molecule has 2 aromatic carbocycles. The number of carbonyl (C=O) groups is 3. The van der Waals surface area contributed by atoms with Crippen LogP contribution in [-0.4, -0.2) is 41.0 Å². The summed E-state index contributed by atoms with van der Waals surface area (Å²) < 4.78 is 21.5. The SMILES string of the molecule is C[C@@]12C=C[C@@]3(O1)[C@H](C(=O)N(c1ccccc1F)[C@H]3C(=O)NC1CCCC1)[C@@H]2C(=O)Nc1ccccc1. The molecule has 0 unspecified atom stereocenters. The van der Waals surface area contributed by atoms with Gasteiger partial charge < -0.3 is 15.4 Å². The molecular weight excluding hydrogens is 461 g/mol. The van der Waals surface area contributed by atoms with Gasteiger partial charge in [-0.1, -0.05) is 55.3 Å². The maximum absolute atomic E-state index is 15.0. The molecule has 3 amide bonds. The fourth-order valence-corrected chi connectivity index (χ4v) is 6.53. The number of fused-ring (bicyclic) bond motifs is 1. The van der Waals surface area contributed by atoms with Crippen LogP contribution in [0.4, 0.5) is 15.8 Å². The first-order valence-electron chi connectivity index (χ1n) is 12.5. The maximum Gasteiger partial charge on any atom is 0.246 e. The van der Waals surface area contributed by atoms with E-state index in [0.29, 0.717) is 5.69 Å². The highest BCUT2D eigenvalue weighted by atomic mass is 19.1. The minimum Gasteiger partial charge on any atom is -0.356 e. The first-order valence-corrected chi connectivity index (χ1v) is 12.5. The average Bonchev–Trinajstić information content (AvgIpc) is 3.60. The molecule has 0 radical (unpaired) electrons. The van der Waals surface area contributed by atoms with Gasteiger partial charge in [0.2, 0.25) is 17.7 Å². The van der Waals surface area contributed by atoms with E-state index in [0.717, 1.165) is 25.7 Å². The van der Waals surface area contributed by atoms with Gasteiger partial charge in [-0.2, -0.15) is 0 Å². The molecule has 3 heterocycles. The third-order valence-electron chi connectivity index (χ3n) is 8.08. The standard InChI is InChI=1S/C28H28FN3O4/c1-27-15-16-28(36-27)22(21(27)24(33)30-17-9-3-2-4-10-17)26(35)32(20-14-8-7-13-19(20)29)23(28)25(34)31-18-11-5-6-12-18/h2-4,7-10,13-16,18,21-23H,5-6,11-12H2,1H3,(H,30,33)(H,31,34)/t21-,22+,23+,27+,28-/m1/s1. The van der Waals surface area contributed by atoms with Crippen LogP contribution >= 0.6 is 0 Å². The highest BCUT2D eigenvalue weighted by Gasteiger charge is 2.76. The first-order chi connectivity index (χ1) is 17.3. The Morgan fingerprint density at radius 1 is 1.00 bits per heavy atom. The van der Waals surface area contributed by atoms with Crippen molar-refractivity contribution < 1.29 is 23.5 Å². The molecule has 3 fully saturated rings. The molecular formula is C28H28FN3O4. The van der Waals surface area contributed by atoms with Crippen LogP contribution < -0.4 is 15.5 Å². The summed E-state index contributed by atoms with van der Waals surface area (Å²) >= 11 is 0. The quantitative estimate of drug-likeness (QED) is 0.629. The second-order valence-electron chi connectivity index (χ2n) is 10.3. The number of carbonyl (C=O) groups excluding carboxylic acids is 3. The predicted octanol–water partition coefficient (Wildman–Crippen LogP) is 3.57. The summed E-state index contributed by atoms with van der Waals surface area (Å²) in [5.74, 6) is -3.74. The highest BCUT2D eigenvalue weighted by Crippen LogP contribution is 2.60. The monoisotopic (exact) mass is 489 g/mol. The Morgan fingerprint density at radius 3 is 2.42 bits per heavy atom. The van der Waals surface area contributed by atoms with Crippen molar-refractivity contribution in [3.63, 3.8) is 0 Å². The van der Waals surface area contributed by atoms with Crippen molar-refractivity contribution >= 4 is 29.1 Å². The summed E-state index contributed by atoms with van der Waals surface area (Å²) in [5.41, 5.74) is -1.86. The van der Waals surface area contributed by atoms with E-state index in [1.807, 2.05) is 6.07 Å². The molecule has 4 aliphatic rings. The molecule has 1 spiro atoms. The summed E-state index contributed by atoms with van der Waals surface area (Å²) in [6, 6.07) is 13.7. The Morgan fingerprint density at radius 2 is 1.69 bits per heavy atom. The lowest BCUT2D eigenvalue weighted by molar-refractivity contribution is -0.131. The van der Waals surface area contributed by atoms with E-state index in [2.05, 4.69) is 10.6 Å². The predicted molar refractivity (Wildman–Crippen MR) is 131 cm³/mol. The molecule has 3 aliphatic heterocycles. The number of nitrogens with zero attached hydrogens (tertiary/aromatic N) is 1. The number of ether oxygens (including phenoxy) is 1. The number of para-hydroxylation sites is 2. The van der Waals surface area contributed by atoms with Gasteiger partial charge in [0.25, 0.3) is 0 Å². The minimum absolute atomic E-state index is 0.000804. The van der Waals surface area contributed by atoms with Gasteiger partial charge in [-0.15, -0.1) is 0 Å². The van der Waals surface area contributed by atoms with Crippen molar-refractivity contribution in [2.75, 3.05) is 10.2 Å². The molecule has 7 nitrogen and oxygen atoms in total. The van der Waals surface area contributed by atoms with Gasteiger partial charge >= 0.3 is 0 Å². The van der Waals surface area contributed by atoms with Crippen LogP contribution in [0.25, 0.3) is 0 Å². The smallest absolute Gasteiger partial charge is 0.246 e. The molecule has 8 heteroatoms. The maximum atomic E-state index is 15.0. The fourth-order valence-electron chi connectivity index (χ4n) is 6.53. The normalized spacial score (nSPS) is 32.7. The number of hydrogen-bond acceptors (Lipinski definition) is 4. The van der Waals surface area contributed by atoms with Crippen LogP contribution in [-0.2, 0) is 19.1 Å². The topological polar surface area (TPSA) is 87.7 Å². The molecule has 2 aromatic rings. The zero-order valence-electron chi connectivity index (χ0n) is 19.9. The van der Waals surface area contributed by atoms with E-state index in [9.17, 15) is 14.4 Å². The number of benzene rings is 2. The van der Waals surface area contributed by atoms with Gasteiger partial charge in [-0.05, 0) is 44.0 Å². The van der Waals surface area contributed by atoms with E-state index >= 15 is 4.39 Å². The summed E-state index contributed by atoms with van der Waals surface area (Å²) in [5, 5.41) is 5.97. The molecule has 6 rings (SSSR count). The number of amides is 3. The van der Waals surface area contributed by atoms with Crippen molar-refractivity contribution in [2.45, 2.75) is 55.9 Å². The zero-order chi connectivity index (χ0) is 25.1. The summed E-state index contributed by atoms with van der Waals surface area (Å²) in [4.78, 5) is 42.7. The minimum atomic E-state index is -1.38. The Bertz CT molecular complexity index is 1260. The lowest BCUT2D eigenvalue weighted by Gasteiger charge is -2.33. The Kier molecular flexibility index (Phi) is 5.26. The van der Waals surface area contributed by atoms with Crippen molar-refractivity contribution in [3.05, 3.63) is 72.6 Å². The lowest BCUT2D eigenvalue weighted by Crippen LogP contribution is -2.56. The van der Waals surface area contributed by atoms with Crippen LogP contribution in [0.15, 0.2) is 66.7 Å². The van der Waals surface area contributed by atoms with E-state index in [4.69, 9.17) is 4.74 Å². The average molecular weight is 490 g/mol. The first kappa shape index (κ1) is 22.9. The Labute approximate surface area is 208 Å². The number of nitrogens with one attached hydrogen (secondary N) is 2. The molecule has 1 saturated carbocycles. The number of anilines is 2. The van der Waals surface area contributed by atoms with Crippen LogP contribution in [0.3, 0.4) is 0 Å². The molecule has 1 aliphatic carbocycles. The summed E-state index contributed by atoms with van der Waals surface area (Å²) in [6.45, 7) is 1.76. The largest absolute Gasteiger partial charge is 0.356 e. The molecule has 2 N–H and O–H groups in total. The third-order valence-corrected chi connectivity index (χ3v) is 8.08. The summed E-state index contributed by atoms with van der Waals surface area (Å²) in [6.07, 6.45) is 7.28. The molecule has 2 bridgehead atoms. The van der Waals surface area contributed by atoms with Crippen LogP contribution in [0.1, 0.15) is 32.6 Å². The molecule has 2 saturated heterocycles. The highest BCUT2D eigenvalue weighted by molar-refractivity contribution is 6.11. The lowest BCUT2D eigenvalue weighted by atomic mass is 9.70. The van der Waals surface area contributed by atoms with E-state index in [-0.39, 0.29) is 23.5 Å². The molecule has 5 atom stereocenters. The second-order valence-corrected chi connectivity index (χ2v) is 10.3. The summed E-state index contributed by atoms with van der Waals surface area (Å²) in [7, 11) is 0. The van der Waals surface area contributed by atoms with Gasteiger partial charge in [-0.3, -0.25) is 19.3 Å². The van der Waals surface area contributed by atoms with Gasteiger partial charge in [0.15, 0.2) is 0 Å². The number of hydrogen-bond donors (Lipinski definition) is 2. The number of halogens is 1.